The van der Waals surface area contributed by atoms with Crippen LogP contribution in [-0.2, 0) is 4.79 Å². The van der Waals surface area contributed by atoms with E-state index in [1.807, 2.05) is 31.2 Å². The third-order valence-corrected chi connectivity index (χ3v) is 5.85. The van der Waals surface area contributed by atoms with E-state index >= 15 is 0 Å². The Kier molecular flexibility index (Phi) is 5.58. The number of benzene rings is 2. The second-order valence-electron chi connectivity index (χ2n) is 7.12. The molecule has 7 heteroatoms. The highest BCUT2D eigenvalue weighted by Gasteiger charge is 2.29. The number of aromatic nitrogens is 1. The predicted octanol–water partition coefficient (Wildman–Crippen LogP) is 5.34. The molecule has 1 atom stereocenters. The summed E-state index contributed by atoms with van der Waals surface area (Å²) in [6, 6.07) is 12.6. The molecule has 3 aromatic rings. The van der Waals surface area contributed by atoms with E-state index in [0.717, 1.165) is 42.9 Å². The second kappa shape index (κ2) is 8.11. The van der Waals surface area contributed by atoms with Crippen molar-refractivity contribution in [2.45, 2.75) is 31.7 Å². The molecule has 1 aliphatic rings. The maximum atomic E-state index is 12.6. The predicted molar refractivity (Wildman–Crippen MR) is 112 cm³/mol. The van der Waals surface area contributed by atoms with E-state index in [2.05, 4.69) is 15.2 Å². The quantitative estimate of drug-likeness (QED) is 0.621. The van der Waals surface area contributed by atoms with Crippen LogP contribution in [0.25, 0.3) is 11.1 Å². The van der Waals surface area contributed by atoms with Crippen molar-refractivity contribution < 1.29 is 9.21 Å². The number of likely N-dealkylation sites (tertiary alicyclic amines) is 1. The van der Waals surface area contributed by atoms with Crippen molar-refractivity contribution in [3.05, 3.63) is 58.4 Å². The highest BCUT2D eigenvalue weighted by molar-refractivity contribution is 6.36. The fraction of sp³-hybridized carbons (Fsp3) is 0.333. The molecule has 0 saturated carbocycles. The van der Waals surface area contributed by atoms with E-state index in [-0.39, 0.29) is 17.9 Å². The van der Waals surface area contributed by atoms with Gasteiger partial charge in [0.05, 0.1) is 16.8 Å². The summed E-state index contributed by atoms with van der Waals surface area (Å²) in [4.78, 5) is 19.4. The van der Waals surface area contributed by atoms with Crippen LogP contribution in [0.2, 0.25) is 10.0 Å². The Hall–Kier alpha value is -2.08. The number of fused-ring (bicyclic) bond motifs is 1. The SMILES string of the molecule is CC(C(=O)Nc1ccc(Cl)cc1Cl)N1CCC(c2nc3ccccc3o2)CC1. The molecule has 1 saturated heterocycles. The smallest absolute Gasteiger partial charge is 0.241 e. The van der Waals surface area contributed by atoms with Crippen LogP contribution in [0.5, 0.6) is 0 Å². The Balaban J connectivity index is 1.36. The van der Waals surface area contributed by atoms with Crippen molar-refractivity contribution in [2.75, 3.05) is 18.4 Å². The third kappa shape index (κ3) is 4.02. The van der Waals surface area contributed by atoms with Crippen LogP contribution in [-0.4, -0.2) is 34.9 Å². The summed E-state index contributed by atoms with van der Waals surface area (Å²) >= 11 is 12.1. The highest BCUT2D eigenvalue weighted by atomic mass is 35.5. The van der Waals surface area contributed by atoms with Crippen molar-refractivity contribution in [1.29, 1.82) is 0 Å². The molecule has 4 rings (SSSR count). The van der Waals surface area contributed by atoms with Crippen LogP contribution in [0, 0.1) is 0 Å². The van der Waals surface area contributed by atoms with Crippen molar-refractivity contribution >= 4 is 45.9 Å². The normalized spacial score (nSPS) is 17.0. The summed E-state index contributed by atoms with van der Waals surface area (Å²) in [6.45, 7) is 3.54. The Morgan fingerprint density at radius 2 is 1.96 bits per heavy atom. The standard InChI is InChI=1S/C21H21Cl2N3O2/c1-13(20(27)24-17-7-6-15(22)12-16(17)23)26-10-8-14(9-11-26)21-25-18-4-2-3-5-19(18)28-21/h2-7,12-14H,8-11H2,1H3,(H,24,27). The first-order chi connectivity index (χ1) is 13.5. The van der Waals surface area contributed by atoms with Crippen LogP contribution >= 0.6 is 23.2 Å². The molecule has 1 aromatic heterocycles. The summed E-state index contributed by atoms with van der Waals surface area (Å²) in [6.07, 6.45) is 1.82. The minimum atomic E-state index is -0.253. The summed E-state index contributed by atoms with van der Waals surface area (Å²) in [5, 5.41) is 3.87. The van der Waals surface area contributed by atoms with Gasteiger partial charge in [-0.3, -0.25) is 9.69 Å². The van der Waals surface area contributed by atoms with Gasteiger partial charge in [0, 0.05) is 10.9 Å². The lowest BCUT2D eigenvalue weighted by Gasteiger charge is -2.34. The van der Waals surface area contributed by atoms with Gasteiger partial charge in [0.2, 0.25) is 5.91 Å². The molecule has 5 nitrogen and oxygen atoms in total. The van der Waals surface area contributed by atoms with E-state index in [4.69, 9.17) is 27.6 Å². The van der Waals surface area contributed by atoms with E-state index in [1.165, 1.54) is 0 Å². The van der Waals surface area contributed by atoms with Gasteiger partial charge in [-0.1, -0.05) is 35.3 Å². The maximum Gasteiger partial charge on any atom is 0.241 e. The second-order valence-corrected chi connectivity index (χ2v) is 7.96. The number of carbonyl (C=O) groups excluding carboxylic acids is 1. The molecule has 146 valence electrons. The van der Waals surface area contributed by atoms with Gasteiger partial charge in [-0.15, -0.1) is 0 Å². The molecule has 0 bridgehead atoms. The summed E-state index contributed by atoms with van der Waals surface area (Å²) in [5.74, 6) is 1.00. The van der Waals surface area contributed by atoms with Crippen LogP contribution in [0.1, 0.15) is 31.6 Å². The Labute approximate surface area is 173 Å². The van der Waals surface area contributed by atoms with Gasteiger partial charge in [-0.05, 0) is 63.2 Å². The molecule has 1 unspecified atom stereocenters. The fourth-order valence-corrected chi connectivity index (χ4v) is 4.05. The minimum Gasteiger partial charge on any atom is -0.440 e. The van der Waals surface area contributed by atoms with Gasteiger partial charge in [-0.25, -0.2) is 4.98 Å². The van der Waals surface area contributed by atoms with Crippen LogP contribution in [0.4, 0.5) is 5.69 Å². The Morgan fingerprint density at radius 3 is 2.68 bits per heavy atom. The Bertz CT molecular complexity index is 963. The molecule has 1 aliphatic heterocycles. The van der Waals surface area contributed by atoms with Gasteiger partial charge in [0.15, 0.2) is 11.5 Å². The first-order valence-electron chi connectivity index (χ1n) is 9.36. The van der Waals surface area contributed by atoms with E-state index in [9.17, 15) is 4.79 Å². The van der Waals surface area contributed by atoms with Crippen LogP contribution in [0.3, 0.4) is 0 Å². The molecule has 0 spiro atoms. The fourth-order valence-electron chi connectivity index (χ4n) is 3.59. The zero-order chi connectivity index (χ0) is 19.7. The topological polar surface area (TPSA) is 58.4 Å². The minimum absolute atomic E-state index is 0.0791. The molecule has 0 radical (unpaired) electrons. The van der Waals surface area contributed by atoms with Crippen LogP contribution in [0.15, 0.2) is 46.9 Å². The van der Waals surface area contributed by atoms with Crippen molar-refractivity contribution in [3.63, 3.8) is 0 Å². The highest BCUT2D eigenvalue weighted by Crippen LogP contribution is 2.31. The molecule has 1 amide bonds. The molecular weight excluding hydrogens is 397 g/mol. The first-order valence-corrected chi connectivity index (χ1v) is 10.1. The summed E-state index contributed by atoms with van der Waals surface area (Å²) < 4.78 is 5.92. The number of amides is 1. The number of piperidine rings is 1. The Morgan fingerprint density at radius 1 is 1.21 bits per heavy atom. The lowest BCUT2D eigenvalue weighted by molar-refractivity contribution is -0.121. The largest absolute Gasteiger partial charge is 0.440 e. The van der Waals surface area contributed by atoms with Gasteiger partial charge < -0.3 is 9.73 Å². The first kappa shape index (κ1) is 19.2. The van der Waals surface area contributed by atoms with E-state index < -0.39 is 0 Å². The van der Waals surface area contributed by atoms with Gasteiger partial charge in [-0.2, -0.15) is 0 Å². The van der Waals surface area contributed by atoms with Gasteiger partial charge in [0.1, 0.15) is 5.52 Å². The number of carbonyl (C=O) groups is 1. The molecule has 28 heavy (non-hydrogen) atoms. The van der Waals surface area contributed by atoms with Crippen molar-refractivity contribution in [2.24, 2.45) is 0 Å². The summed E-state index contributed by atoms with van der Waals surface area (Å²) in [5.41, 5.74) is 2.30. The van der Waals surface area contributed by atoms with E-state index in [1.54, 1.807) is 18.2 Å². The lowest BCUT2D eigenvalue weighted by Crippen LogP contribution is -2.45. The molecule has 2 heterocycles. The average Bonchev–Trinajstić information content (AvgIpc) is 3.14. The van der Waals surface area contributed by atoms with Crippen molar-refractivity contribution in [1.82, 2.24) is 9.88 Å². The summed E-state index contributed by atoms with van der Waals surface area (Å²) in [7, 11) is 0. The zero-order valence-electron chi connectivity index (χ0n) is 15.5. The zero-order valence-corrected chi connectivity index (χ0v) is 17.0. The number of hydrogen-bond acceptors (Lipinski definition) is 4. The molecule has 2 aromatic carbocycles. The number of halogens is 2. The number of rotatable bonds is 4. The van der Waals surface area contributed by atoms with Gasteiger partial charge >= 0.3 is 0 Å². The number of para-hydroxylation sites is 2. The monoisotopic (exact) mass is 417 g/mol. The molecule has 1 fully saturated rings. The van der Waals surface area contributed by atoms with Gasteiger partial charge in [0.25, 0.3) is 0 Å². The molecule has 1 N–H and O–H groups in total. The molecule has 0 aliphatic carbocycles. The number of nitrogens with one attached hydrogen (secondary N) is 1. The number of oxazole rings is 1. The average molecular weight is 418 g/mol. The number of hydrogen-bond donors (Lipinski definition) is 1. The lowest BCUT2D eigenvalue weighted by atomic mass is 9.95. The number of anilines is 1. The maximum absolute atomic E-state index is 12.6. The van der Waals surface area contributed by atoms with E-state index in [0.29, 0.717) is 15.7 Å². The number of nitrogens with zero attached hydrogens (tertiary/aromatic N) is 2. The third-order valence-electron chi connectivity index (χ3n) is 5.31. The van der Waals surface area contributed by atoms with Crippen molar-refractivity contribution in [3.8, 4) is 0 Å². The molecular formula is C21H21Cl2N3O2. The van der Waals surface area contributed by atoms with Crippen LogP contribution < -0.4 is 5.32 Å².